The van der Waals surface area contributed by atoms with Crippen LogP contribution in [0.1, 0.15) is 32.3 Å². The summed E-state index contributed by atoms with van der Waals surface area (Å²) in [5, 5.41) is 3.21. The molecule has 1 N–H and O–H groups in total. The lowest BCUT2D eigenvalue weighted by Crippen LogP contribution is -2.24. The third-order valence-corrected chi connectivity index (χ3v) is 3.04. The van der Waals surface area contributed by atoms with E-state index in [-0.39, 0.29) is 0 Å². The number of hydrogen-bond acceptors (Lipinski definition) is 3. The lowest BCUT2D eigenvalue weighted by Gasteiger charge is -2.30. The Balaban J connectivity index is 2.53. The second-order valence-corrected chi connectivity index (χ2v) is 4.51. The van der Waals surface area contributed by atoms with Crippen molar-refractivity contribution in [3.63, 3.8) is 0 Å². The molecule has 0 aromatic heterocycles. The lowest BCUT2D eigenvalue weighted by atomic mass is 9.98. The summed E-state index contributed by atoms with van der Waals surface area (Å²) in [6.45, 7) is 7.25. The summed E-state index contributed by atoms with van der Waals surface area (Å²) < 4.78 is 0. The van der Waals surface area contributed by atoms with Crippen molar-refractivity contribution in [1.82, 2.24) is 0 Å². The van der Waals surface area contributed by atoms with Crippen molar-refractivity contribution in [1.29, 1.82) is 0 Å². The summed E-state index contributed by atoms with van der Waals surface area (Å²) in [6.07, 6.45) is 2.72. The van der Waals surface area contributed by atoms with Crippen molar-refractivity contribution in [2.45, 2.75) is 26.7 Å². The molecule has 1 aromatic carbocycles. The number of benzene rings is 1. The number of nitrogens with one attached hydrogen (secondary N) is 1. The molecule has 1 aliphatic rings. The van der Waals surface area contributed by atoms with Crippen LogP contribution in [0.2, 0.25) is 0 Å². The molecule has 1 aromatic rings. The minimum atomic E-state index is 0.433. The molecule has 0 unspecified atom stereocenters. The van der Waals surface area contributed by atoms with Crippen molar-refractivity contribution >= 4 is 17.7 Å². The molecule has 0 saturated heterocycles. The zero-order valence-corrected chi connectivity index (χ0v) is 10.5. The highest BCUT2D eigenvalue weighted by Gasteiger charge is 2.19. The van der Waals surface area contributed by atoms with Crippen molar-refractivity contribution in [3.8, 4) is 0 Å². The molecule has 3 heteroatoms. The van der Waals surface area contributed by atoms with Crippen LogP contribution in [0, 0.1) is 0 Å². The van der Waals surface area contributed by atoms with E-state index in [1.807, 2.05) is 6.20 Å². The Morgan fingerprint density at radius 1 is 1.41 bits per heavy atom. The van der Waals surface area contributed by atoms with Gasteiger partial charge in [0.2, 0.25) is 0 Å². The van der Waals surface area contributed by atoms with Gasteiger partial charge in [0.25, 0.3) is 0 Å². The number of fused-ring (bicyclic) bond motifs is 1. The van der Waals surface area contributed by atoms with Gasteiger partial charge in [-0.05, 0) is 24.5 Å². The number of carbonyl (C=O) groups excluding carboxylic acids is 1. The smallest absolute Gasteiger partial charge is 0.167 e. The molecule has 0 bridgehead atoms. The van der Waals surface area contributed by atoms with E-state index in [1.165, 1.54) is 5.56 Å². The van der Waals surface area contributed by atoms with E-state index in [0.29, 0.717) is 11.6 Å². The summed E-state index contributed by atoms with van der Waals surface area (Å²) in [5.41, 5.74) is 4.07. The monoisotopic (exact) mass is 230 g/mol. The van der Waals surface area contributed by atoms with E-state index in [0.717, 1.165) is 24.2 Å². The van der Waals surface area contributed by atoms with Gasteiger partial charge >= 0.3 is 0 Å². The first kappa shape index (κ1) is 11.7. The minimum absolute atomic E-state index is 0.433. The van der Waals surface area contributed by atoms with E-state index in [4.69, 9.17) is 0 Å². The zero-order chi connectivity index (χ0) is 12.4. The SMILES string of the molecule is CCN1C=C(C=O)Nc2c(C(C)C)cccc21. The van der Waals surface area contributed by atoms with Crippen molar-refractivity contribution in [3.05, 3.63) is 35.7 Å². The average Bonchev–Trinajstić information content (AvgIpc) is 2.36. The van der Waals surface area contributed by atoms with Crippen molar-refractivity contribution in [2.75, 3.05) is 16.8 Å². The van der Waals surface area contributed by atoms with Crippen LogP contribution >= 0.6 is 0 Å². The molecule has 3 nitrogen and oxygen atoms in total. The van der Waals surface area contributed by atoms with Gasteiger partial charge in [-0.25, -0.2) is 0 Å². The Labute approximate surface area is 102 Å². The second kappa shape index (κ2) is 4.62. The average molecular weight is 230 g/mol. The van der Waals surface area contributed by atoms with Gasteiger partial charge in [0.15, 0.2) is 6.29 Å². The van der Waals surface area contributed by atoms with Crippen LogP contribution in [0.25, 0.3) is 0 Å². The van der Waals surface area contributed by atoms with Crippen molar-refractivity contribution in [2.24, 2.45) is 0 Å². The van der Waals surface area contributed by atoms with Gasteiger partial charge in [-0.15, -0.1) is 0 Å². The van der Waals surface area contributed by atoms with Crippen LogP contribution in [-0.2, 0) is 4.79 Å². The molecule has 0 spiro atoms. The first-order chi connectivity index (χ1) is 8.17. The number of aldehydes is 1. The molecule has 0 atom stereocenters. The number of anilines is 2. The van der Waals surface area contributed by atoms with Gasteiger partial charge in [0, 0.05) is 12.7 Å². The Morgan fingerprint density at radius 2 is 2.18 bits per heavy atom. The first-order valence-corrected chi connectivity index (χ1v) is 6.01. The number of nitrogens with zero attached hydrogens (tertiary/aromatic N) is 1. The molecule has 0 saturated carbocycles. The molecule has 1 heterocycles. The maximum absolute atomic E-state index is 11.0. The van der Waals surface area contributed by atoms with Crippen LogP contribution in [0.15, 0.2) is 30.1 Å². The summed E-state index contributed by atoms with van der Waals surface area (Å²) in [6, 6.07) is 6.26. The number of allylic oxidation sites excluding steroid dienone is 1. The molecular formula is C14H18N2O. The van der Waals surface area contributed by atoms with E-state index in [1.54, 1.807) is 0 Å². The van der Waals surface area contributed by atoms with E-state index in [2.05, 4.69) is 49.2 Å². The zero-order valence-electron chi connectivity index (χ0n) is 10.5. The number of rotatable bonds is 3. The predicted molar refractivity (Wildman–Crippen MR) is 71.3 cm³/mol. The minimum Gasteiger partial charge on any atom is -0.350 e. The molecule has 0 fully saturated rings. The molecular weight excluding hydrogens is 212 g/mol. The summed E-state index contributed by atoms with van der Waals surface area (Å²) in [7, 11) is 0. The molecule has 0 amide bonds. The molecule has 0 radical (unpaired) electrons. The van der Waals surface area contributed by atoms with E-state index in [9.17, 15) is 4.79 Å². The topological polar surface area (TPSA) is 32.3 Å². The molecule has 0 aliphatic carbocycles. The van der Waals surface area contributed by atoms with Crippen molar-refractivity contribution < 1.29 is 4.79 Å². The molecule has 1 aliphatic heterocycles. The van der Waals surface area contributed by atoms with Crippen LogP contribution in [0.5, 0.6) is 0 Å². The first-order valence-electron chi connectivity index (χ1n) is 6.01. The van der Waals surface area contributed by atoms with Crippen LogP contribution < -0.4 is 10.2 Å². The number of carbonyl (C=O) groups is 1. The maximum Gasteiger partial charge on any atom is 0.167 e. The molecule has 17 heavy (non-hydrogen) atoms. The Hall–Kier alpha value is -1.77. The predicted octanol–water partition coefficient (Wildman–Crippen LogP) is 3.10. The lowest BCUT2D eigenvalue weighted by molar-refractivity contribution is -0.104. The summed E-state index contributed by atoms with van der Waals surface area (Å²) >= 11 is 0. The Kier molecular flexibility index (Phi) is 3.18. The third-order valence-electron chi connectivity index (χ3n) is 3.04. The summed E-state index contributed by atoms with van der Waals surface area (Å²) in [4.78, 5) is 13.1. The fraction of sp³-hybridized carbons (Fsp3) is 0.357. The normalized spacial score (nSPS) is 14.1. The molecule has 90 valence electrons. The fourth-order valence-corrected chi connectivity index (χ4v) is 2.15. The number of hydrogen-bond donors (Lipinski definition) is 1. The van der Waals surface area contributed by atoms with E-state index >= 15 is 0 Å². The van der Waals surface area contributed by atoms with Gasteiger partial charge in [-0.2, -0.15) is 0 Å². The highest BCUT2D eigenvalue weighted by molar-refractivity contribution is 5.88. The maximum atomic E-state index is 11.0. The van der Waals surface area contributed by atoms with Gasteiger partial charge in [0.05, 0.1) is 17.1 Å². The molecule has 2 rings (SSSR count). The third kappa shape index (κ3) is 2.05. The Bertz CT molecular complexity index is 463. The quantitative estimate of drug-likeness (QED) is 0.810. The van der Waals surface area contributed by atoms with Gasteiger partial charge in [-0.3, -0.25) is 4.79 Å². The summed E-state index contributed by atoms with van der Waals surface area (Å²) in [5.74, 6) is 0.433. The van der Waals surface area contributed by atoms with Crippen LogP contribution in [0.3, 0.4) is 0 Å². The highest BCUT2D eigenvalue weighted by Crippen LogP contribution is 2.37. The Morgan fingerprint density at radius 3 is 2.76 bits per heavy atom. The van der Waals surface area contributed by atoms with Crippen LogP contribution in [-0.4, -0.2) is 12.8 Å². The second-order valence-electron chi connectivity index (χ2n) is 4.51. The highest BCUT2D eigenvalue weighted by atomic mass is 16.1. The van der Waals surface area contributed by atoms with Crippen LogP contribution in [0.4, 0.5) is 11.4 Å². The van der Waals surface area contributed by atoms with Gasteiger partial charge in [0.1, 0.15) is 0 Å². The number of para-hydroxylation sites is 1. The standard InChI is InChI=1S/C14H18N2O/c1-4-16-8-11(9-17)15-14-12(10(2)3)6-5-7-13(14)16/h5-10,15H,4H2,1-3H3. The van der Waals surface area contributed by atoms with Gasteiger partial charge < -0.3 is 10.2 Å². The van der Waals surface area contributed by atoms with Gasteiger partial charge in [-0.1, -0.05) is 26.0 Å². The fourth-order valence-electron chi connectivity index (χ4n) is 2.15. The van der Waals surface area contributed by atoms with E-state index < -0.39 is 0 Å². The largest absolute Gasteiger partial charge is 0.350 e.